The van der Waals surface area contributed by atoms with Crippen LogP contribution in [0.4, 0.5) is 0 Å². The molecule has 1 aromatic heterocycles. The molecule has 1 unspecified atom stereocenters. The number of rotatable bonds is 4. The molecule has 80 valence electrons. The summed E-state index contributed by atoms with van der Waals surface area (Å²) in [5.41, 5.74) is 6.24. The Hall–Kier alpha value is -0.460. The molecule has 0 amide bonds. The standard InChI is InChI=1S/C8H14N2O2S2/c1-3-14(11,12)8-10-7(5-13-8)6(2)4-9/h5-6H,3-4,9H2,1-2H3. The quantitative estimate of drug-likeness (QED) is 0.843. The highest BCUT2D eigenvalue weighted by molar-refractivity contribution is 7.93. The van der Waals surface area contributed by atoms with Crippen molar-refractivity contribution in [3.05, 3.63) is 11.1 Å². The highest BCUT2D eigenvalue weighted by atomic mass is 32.2. The van der Waals surface area contributed by atoms with Gasteiger partial charge in [0.25, 0.3) is 0 Å². The van der Waals surface area contributed by atoms with Crippen molar-refractivity contribution >= 4 is 21.2 Å². The van der Waals surface area contributed by atoms with Crippen LogP contribution in [0.3, 0.4) is 0 Å². The van der Waals surface area contributed by atoms with Crippen molar-refractivity contribution in [2.45, 2.75) is 24.1 Å². The molecule has 0 aliphatic rings. The van der Waals surface area contributed by atoms with Gasteiger partial charge in [0.05, 0.1) is 11.4 Å². The van der Waals surface area contributed by atoms with E-state index < -0.39 is 9.84 Å². The Morgan fingerprint density at radius 3 is 2.79 bits per heavy atom. The summed E-state index contributed by atoms with van der Waals surface area (Å²) >= 11 is 1.17. The van der Waals surface area contributed by atoms with E-state index in [1.165, 1.54) is 11.3 Å². The molecule has 1 rings (SSSR count). The first-order chi connectivity index (χ1) is 6.51. The number of aromatic nitrogens is 1. The highest BCUT2D eigenvalue weighted by Crippen LogP contribution is 2.21. The lowest BCUT2D eigenvalue weighted by molar-refractivity contribution is 0.595. The molecule has 0 bridgehead atoms. The van der Waals surface area contributed by atoms with E-state index in [1.54, 1.807) is 12.3 Å². The van der Waals surface area contributed by atoms with Gasteiger partial charge < -0.3 is 5.73 Å². The van der Waals surface area contributed by atoms with Crippen molar-refractivity contribution in [2.24, 2.45) is 5.73 Å². The zero-order chi connectivity index (χ0) is 10.8. The lowest BCUT2D eigenvalue weighted by atomic mass is 10.1. The third-order valence-corrected chi connectivity index (χ3v) is 5.09. The summed E-state index contributed by atoms with van der Waals surface area (Å²) in [5.74, 6) is 0.212. The summed E-state index contributed by atoms with van der Waals surface area (Å²) in [5, 5.41) is 1.76. The predicted octanol–water partition coefficient (Wildman–Crippen LogP) is 0.999. The van der Waals surface area contributed by atoms with Crippen molar-refractivity contribution in [3.8, 4) is 0 Å². The van der Waals surface area contributed by atoms with Gasteiger partial charge in [0.2, 0.25) is 14.2 Å². The van der Waals surface area contributed by atoms with Gasteiger partial charge in [-0.05, 0) is 0 Å². The number of nitrogens with zero attached hydrogens (tertiary/aromatic N) is 1. The summed E-state index contributed by atoms with van der Waals surface area (Å²) in [7, 11) is -3.15. The van der Waals surface area contributed by atoms with Crippen molar-refractivity contribution in [3.63, 3.8) is 0 Å². The Kier molecular flexibility index (Phi) is 3.63. The van der Waals surface area contributed by atoms with Crippen LogP contribution in [-0.4, -0.2) is 25.7 Å². The normalized spacial score (nSPS) is 14.2. The first kappa shape index (κ1) is 11.6. The van der Waals surface area contributed by atoms with Crippen LogP contribution in [0.15, 0.2) is 9.72 Å². The van der Waals surface area contributed by atoms with E-state index in [-0.39, 0.29) is 16.0 Å². The third-order valence-electron chi connectivity index (χ3n) is 2.01. The minimum Gasteiger partial charge on any atom is -0.330 e. The van der Waals surface area contributed by atoms with Crippen molar-refractivity contribution in [2.75, 3.05) is 12.3 Å². The van der Waals surface area contributed by atoms with Crippen LogP contribution in [-0.2, 0) is 9.84 Å². The Morgan fingerprint density at radius 2 is 2.29 bits per heavy atom. The lowest BCUT2D eigenvalue weighted by Crippen LogP contribution is -2.10. The molecule has 4 nitrogen and oxygen atoms in total. The van der Waals surface area contributed by atoms with Gasteiger partial charge in [-0.2, -0.15) is 0 Å². The molecular formula is C8H14N2O2S2. The number of sulfone groups is 1. The monoisotopic (exact) mass is 234 g/mol. The van der Waals surface area contributed by atoms with Gasteiger partial charge in [-0.3, -0.25) is 0 Å². The molecule has 0 aliphatic carbocycles. The minimum atomic E-state index is -3.15. The van der Waals surface area contributed by atoms with Crippen LogP contribution in [0.25, 0.3) is 0 Å². The Labute approximate surface area is 88.1 Å². The van der Waals surface area contributed by atoms with Gasteiger partial charge in [0, 0.05) is 17.8 Å². The molecule has 6 heteroatoms. The van der Waals surface area contributed by atoms with Crippen LogP contribution < -0.4 is 5.73 Å². The molecule has 0 aromatic carbocycles. The number of hydrogen-bond donors (Lipinski definition) is 1. The van der Waals surface area contributed by atoms with Crippen LogP contribution in [0.5, 0.6) is 0 Å². The molecule has 0 aliphatic heterocycles. The maximum atomic E-state index is 11.4. The topological polar surface area (TPSA) is 73.0 Å². The Balaban J connectivity index is 3.00. The van der Waals surface area contributed by atoms with E-state index in [0.717, 1.165) is 5.69 Å². The van der Waals surface area contributed by atoms with E-state index >= 15 is 0 Å². The van der Waals surface area contributed by atoms with E-state index in [2.05, 4.69) is 4.98 Å². The van der Waals surface area contributed by atoms with Gasteiger partial charge in [0.1, 0.15) is 0 Å². The molecule has 1 aromatic rings. The third kappa shape index (κ3) is 2.31. The second-order valence-corrected chi connectivity index (χ2v) is 6.39. The van der Waals surface area contributed by atoms with Crippen LogP contribution in [0.1, 0.15) is 25.5 Å². The van der Waals surface area contributed by atoms with E-state index in [1.807, 2.05) is 6.92 Å². The van der Waals surface area contributed by atoms with E-state index in [4.69, 9.17) is 5.73 Å². The van der Waals surface area contributed by atoms with Crippen LogP contribution >= 0.6 is 11.3 Å². The lowest BCUT2D eigenvalue weighted by Gasteiger charge is -2.02. The molecule has 1 heterocycles. The molecule has 1 atom stereocenters. The first-order valence-electron chi connectivity index (χ1n) is 4.39. The molecule has 2 N–H and O–H groups in total. The van der Waals surface area contributed by atoms with Gasteiger partial charge in [-0.1, -0.05) is 13.8 Å². The molecule has 14 heavy (non-hydrogen) atoms. The number of hydrogen-bond acceptors (Lipinski definition) is 5. The number of thiazole rings is 1. The first-order valence-corrected chi connectivity index (χ1v) is 6.92. The fraction of sp³-hybridized carbons (Fsp3) is 0.625. The zero-order valence-corrected chi connectivity index (χ0v) is 9.86. The molecular weight excluding hydrogens is 220 g/mol. The molecule has 0 fully saturated rings. The Bertz CT molecular complexity index is 397. The predicted molar refractivity (Wildman–Crippen MR) is 57.3 cm³/mol. The SMILES string of the molecule is CCS(=O)(=O)c1nc(C(C)CN)cs1. The average molecular weight is 234 g/mol. The Morgan fingerprint density at radius 1 is 1.64 bits per heavy atom. The zero-order valence-electron chi connectivity index (χ0n) is 8.23. The second-order valence-electron chi connectivity index (χ2n) is 3.08. The van der Waals surface area contributed by atoms with Gasteiger partial charge in [-0.15, -0.1) is 11.3 Å². The summed E-state index contributed by atoms with van der Waals surface area (Å²) < 4.78 is 23.1. The van der Waals surface area contributed by atoms with Crippen molar-refractivity contribution < 1.29 is 8.42 Å². The smallest absolute Gasteiger partial charge is 0.209 e. The van der Waals surface area contributed by atoms with Crippen LogP contribution in [0.2, 0.25) is 0 Å². The summed E-state index contributed by atoms with van der Waals surface area (Å²) in [6.07, 6.45) is 0. The summed E-state index contributed by atoms with van der Waals surface area (Å²) in [6, 6.07) is 0. The van der Waals surface area contributed by atoms with Crippen molar-refractivity contribution in [1.82, 2.24) is 4.98 Å². The van der Waals surface area contributed by atoms with Gasteiger partial charge in [-0.25, -0.2) is 13.4 Å². The largest absolute Gasteiger partial charge is 0.330 e. The second kappa shape index (κ2) is 4.37. The molecule has 0 saturated heterocycles. The summed E-state index contributed by atoms with van der Waals surface area (Å²) in [4.78, 5) is 4.07. The maximum absolute atomic E-state index is 11.4. The fourth-order valence-corrected chi connectivity index (χ4v) is 3.12. The number of nitrogens with two attached hydrogens (primary N) is 1. The highest BCUT2D eigenvalue weighted by Gasteiger charge is 2.17. The average Bonchev–Trinajstić information content (AvgIpc) is 2.66. The van der Waals surface area contributed by atoms with Crippen molar-refractivity contribution in [1.29, 1.82) is 0 Å². The summed E-state index contributed by atoms with van der Waals surface area (Å²) in [6.45, 7) is 4.02. The van der Waals surface area contributed by atoms with Gasteiger partial charge >= 0.3 is 0 Å². The minimum absolute atomic E-state index is 0.0942. The molecule has 0 saturated carbocycles. The maximum Gasteiger partial charge on any atom is 0.209 e. The van der Waals surface area contributed by atoms with Gasteiger partial charge in [0.15, 0.2) is 0 Å². The molecule has 0 radical (unpaired) electrons. The van der Waals surface area contributed by atoms with E-state index in [0.29, 0.717) is 6.54 Å². The fourth-order valence-electron chi connectivity index (χ4n) is 0.882. The van der Waals surface area contributed by atoms with Crippen LogP contribution in [0, 0.1) is 0 Å². The van der Waals surface area contributed by atoms with E-state index in [9.17, 15) is 8.42 Å². The molecule has 0 spiro atoms.